The van der Waals surface area contributed by atoms with Crippen LogP contribution in [0.2, 0.25) is 5.02 Å². The van der Waals surface area contributed by atoms with Gasteiger partial charge in [0, 0.05) is 17.9 Å². The molecule has 0 aromatic heterocycles. The van der Waals surface area contributed by atoms with Crippen molar-refractivity contribution in [3.8, 4) is 5.75 Å². The molecule has 0 spiro atoms. The fourth-order valence-corrected chi connectivity index (χ4v) is 4.45. The van der Waals surface area contributed by atoms with Crippen LogP contribution in [0.4, 0.5) is 28.9 Å². The van der Waals surface area contributed by atoms with E-state index in [9.17, 15) is 17.6 Å². The van der Waals surface area contributed by atoms with Crippen molar-refractivity contribution in [2.75, 3.05) is 17.2 Å². The smallest absolute Gasteiger partial charge is 0.406 e. The van der Waals surface area contributed by atoms with Crippen molar-refractivity contribution in [3.05, 3.63) is 88.7 Å². The lowest BCUT2D eigenvalue weighted by Crippen LogP contribution is -2.24. The molecule has 3 aromatic carbocycles. The fourth-order valence-electron chi connectivity index (χ4n) is 3.29. The summed E-state index contributed by atoms with van der Waals surface area (Å²) < 4.78 is 54.8. The highest BCUT2D eigenvalue weighted by Gasteiger charge is 2.31. The van der Waals surface area contributed by atoms with Crippen LogP contribution in [0, 0.1) is 5.82 Å². The van der Waals surface area contributed by atoms with Gasteiger partial charge in [-0.1, -0.05) is 53.7 Å². The monoisotopic (exact) mass is 562 g/mol. The number of thioether (sulfide) groups is 1. The Morgan fingerprint density at radius 3 is 2.47 bits per heavy atom. The summed E-state index contributed by atoms with van der Waals surface area (Å²) in [6.45, 7) is 0.564. The average Bonchev–Trinajstić information content (AvgIpc) is 3.32. The van der Waals surface area contributed by atoms with Crippen LogP contribution in [0.5, 0.6) is 5.75 Å². The van der Waals surface area contributed by atoms with E-state index in [2.05, 4.69) is 24.9 Å². The van der Waals surface area contributed by atoms with Crippen LogP contribution in [0.25, 0.3) is 0 Å². The SMILES string of the molecule is NC(=NC=Nc1ccc(OC(F)(F)F)cc1)c1ccc(/C=N\N=C2\SCCN2c2c(F)cccc2Cl)cc1. The minimum Gasteiger partial charge on any atom is -0.406 e. The van der Waals surface area contributed by atoms with Crippen molar-refractivity contribution in [1.82, 2.24) is 0 Å². The molecule has 0 aliphatic carbocycles. The molecule has 7 nitrogen and oxygen atoms in total. The Bertz CT molecular complexity index is 1370. The van der Waals surface area contributed by atoms with Gasteiger partial charge >= 0.3 is 6.36 Å². The summed E-state index contributed by atoms with van der Waals surface area (Å²) in [5.41, 5.74) is 8.02. The molecule has 4 rings (SSSR count). The molecule has 1 fully saturated rings. The van der Waals surface area contributed by atoms with Crippen LogP contribution in [-0.4, -0.2) is 42.2 Å². The largest absolute Gasteiger partial charge is 0.573 e. The van der Waals surface area contributed by atoms with E-state index in [0.29, 0.717) is 28.0 Å². The van der Waals surface area contributed by atoms with Gasteiger partial charge in [0.25, 0.3) is 0 Å². The number of benzene rings is 3. The zero-order valence-electron chi connectivity index (χ0n) is 19.4. The molecule has 0 unspecified atom stereocenters. The molecule has 0 atom stereocenters. The zero-order valence-corrected chi connectivity index (χ0v) is 21.0. The third kappa shape index (κ3) is 7.33. The van der Waals surface area contributed by atoms with Crippen LogP contribution in [0.1, 0.15) is 11.1 Å². The Labute approximate surface area is 224 Å². The third-order valence-electron chi connectivity index (χ3n) is 5.01. The number of hydrogen-bond donors (Lipinski definition) is 1. The molecule has 2 N–H and O–H groups in total. The van der Waals surface area contributed by atoms with E-state index in [1.807, 2.05) is 0 Å². The van der Waals surface area contributed by atoms with E-state index >= 15 is 0 Å². The Balaban J connectivity index is 1.37. The lowest BCUT2D eigenvalue weighted by atomic mass is 10.1. The molecule has 0 radical (unpaired) electrons. The number of nitrogens with two attached hydrogens (primary N) is 1. The van der Waals surface area contributed by atoms with Crippen LogP contribution >= 0.6 is 23.4 Å². The highest BCUT2D eigenvalue weighted by atomic mass is 35.5. The average molecular weight is 563 g/mol. The summed E-state index contributed by atoms with van der Waals surface area (Å²) in [5.74, 6) is 0.149. The van der Waals surface area contributed by atoms with E-state index in [-0.39, 0.29) is 17.3 Å². The second kappa shape index (κ2) is 12.1. The first-order chi connectivity index (χ1) is 18.2. The summed E-state index contributed by atoms with van der Waals surface area (Å²) in [5, 5.41) is 9.20. The zero-order chi connectivity index (χ0) is 27.1. The minimum absolute atomic E-state index is 0.189. The van der Waals surface area contributed by atoms with Gasteiger partial charge in [-0.05, 0) is 42.0 Å². The topological polar surface area (TPSA) is 87.9 Å². The maximum atomic E-state index is 14.3. The number of hydrogen-bond acceptors (Lipinski definition) is 5. The van der Waals surface area contributed by atoms with Gasteiger partial charge in [0.1, 0.15) is 23.7 Å². The van der Waals surface area contributed by atoms with Crippen molar-refractivity contribution < 1.29 is 22.3 Å². The second-order valence-electron chi connectivity index (χ2n) is 7.62. The molecule has 1 saturated heterocycles. The Kier molecular flexibility index (Phi) is 8.64. The molecule has 1 heterocycles. The number of ether oxygens (including phenoxy) is 1. The summed E-state index contributed by atoms with van der Waals surface area (Å²) in [6.07, 6.45) is -2.00. The van der Waals surface area contributed by atoms with Crippen molar-refractivity contribution in [1.29, 1.82) is 0 Å². The molecular weight excluding hydrogens is 544 g/mol. The van der Waals surface area contributed by atoms with E-state index in [4.69, 9.17) is 17.3 Å². The van der Waals surface area contributed by atoms with Crippen LogP contribution < -0.4 is 15.4 Å². The quantitative estimate of drug-likeness (QED) is 0.156. The highest BCUT2D eigenvalue weighted by Crippen LogP contribution is 2.34. The van der Waals surface area contributed by atoms with Gasteiger partial charge in [0.2, 0.25) is 0 Å². The summed E-state index contributed by atoms with van der Waals surface area (Å²) in [4.78, 5) is 9.79. The molecule has 0 bridgehead atoms. The van der Waals surface area contributed by atoms with Gasteiger partial charge in [0.15, 0.2) is 5.17 Å². The lowest BCUT2D eigenvalue weighted by molar-refractivity contribution is -0.274. The molecule has 13 heteroatoms. The Morgan fingerprint density at radius 1 is 1.05 bits per heavy atom. The number of para-hydroxylation sites is 1. The normalized spacial score (nSPS) is 15.8. The van der Waals surface area contributed by atoms with Crippen molar-refractivity contribution in [2.45, 2.75) is 6.36 Å². The van der Waals surface area contributed by atoms with Gasteiger partial charge in [-0.2, -0.15) is 5.10 Å². The summed E-state index contributed by atoms with van der Waals surface area (Å²) >= 11 is 7.64. The first-order valence-corrected chi connectivity index (χ1v) is 12.3. The maximum absolute atomic E-state index is 14.3. The predicted octanol–water partition coefficient (Wildman–Crippen LogP) is 6.39. The molecule has 196 valence electrons. The standard InChI is InChI=1S/C25H19ClF4N6OS/c26-20-2-1-3-21(27)22(20)36-12-13-38-24(36)35-34-14-16-4-6-17(7-5-16)23(31)33-15-32-18-8-10-19(11-9-18)37-25(28,29)30/h1-11,14-15H,12-13H2,(H2,31,32,33)/b34-14-,35-24+. The fraction of sp³-hybridized carbons (Fsp3) is 0.120. The van der Waals surface area contributed by atoms with Gasteiger partial charge in [-0.25, -0.2) is 14.4 Å². The molecular formula is C25H19ClF4N6OS. The first kappa shape index (κ1) is 27.1. The van der Waals surface area contributed by atoms with Crippen LogP contribution in [-0.2, 0) is 0 Å². The lowest BCUT2D eigenvalue weighted by Gasteiger charge is -2.19. The van der Waals surface area contributed by atoms with E-state index < -0.39 is 12.2 Å². The second-order valence-corrected chi connectivity index (χ2v) is 9.09. The van der Waals surface area contributed by atoms with E-state index in [1.165, 1.54) is 36.3 Å². The van der Waals surface area contributed by atoms with E-state index in [1.54, 1.807) is 47.5 Å². The first-order valence-electron chi connectivity index (χ1n) is 11.0. The van der Waals surface area contributed by atoms with Gasteiger partial charge in [0.05, 0.1) is 22.6 Å². The van der Waals surface area contributed by atoms with Crippen LogP contribution in [0.3, 0.4) is 0 Å². The Morgan fingerprint density at radius 2 is 1.79 bits per heavy atom. The van der Waals surface area contributed by atoms with Crippen LogP contribution in [0.15, 0.2) is 86.9 Å². The number of rotatable bonds is 7. The molecule has 1 aliphatic rings. The summed E-state index contributed by atoms with van der Waals surface area (Å²) in [7, 11) is 0. The van der Waals surface area contributed by atoms with Gasteiger partial charge in [-0.15, -0.1) is 18.3 Å². The molecule has 0 saturated carbocycles. The van der Waals surface area contributed by atoms with Crippen molar-refractivity contribution >= 4 is 58.3 Å². The highest BCUT2D eigenvalue weighted by molar-refractivity contribution is 8.14. The predicted molar refractivity (Wildman–Crippen MR) is 145 cm³/mol. The minimum atomic E-state index is -4.76. The number of alkyl halides is 3. The van der Waals surface area contributed by atoms with E-state index in [0.717, 1.165) is 23.4 Å². The third-order valence-corrected chi connectivity index (χ3v) is 6.27. The molecule has 1 aliphatic heterocycles. The number of anilines is 1. The molecule has 0 amide bonds. The number of aliphatic imine (C=N–C) groups is 2. The Hall–Kier alpha value is -3.90. The van der Waals surface area contributed by atoms with Crippen molar-refractivity contribution in [3.63, 3.8) is 0 Å². The van der Waals surface area contributed by atoms with Gasteiger partial charge in [-0.3, -0.25) is 0 Å². The number of halogens is 5. The maximum Gasteiger partial charge on any atom is 0.573 e. The van der Waals surface area contributed by atoms with Gasteiger partial charge < -0.3 is 15.4 Å². The number of nitrogens with zero attached hydrogens (tertiary/aromatic N) is 5. The summed E-state index contributed by atoms with van der Waals surface area (Å²) in [6, 6.07) is 16.5. The van der Waals surface area contributed by atoms with Crippen molar-refractivity contribution in [2.24, 2.45) is 25.9 Å². The molecule has 38 heavy (non-hydrogen) atoms. The molecule has 3 aromatic rings. The number of amidine groups is 2.